The van der Waals surface area contributed by atoms with Crippen LogP contribution in [-0.2, 0) is 5.41 Å². The molecule has 0 radical (unpaired) electrons. The third-order valence-electron chi connectivity index (χ3n) is 4.29. The van der Waals surface area contributed by atoms with Gasteiger partial charge in [0, 0.05) is 18.7 Å². The third-order valence-corrected chi connectivity index (χ3v) is 4.29. The number of rotatable bonds is 3. The predicted octanol–water partition coefficient (Wildman–Crippen LogP) is 5.75. The van der Waals surface area contributed by atoms with Crippen LogP contribution in [0.25, 0.3) is 11.1 Å². The molecule has 1 aliphatic heterocycles. The zero-order valence-corrected chi connectivity index (χ0v) is 14.3. The zero-order valence-electron chi connectivity index (χ0n) is 14.3. The Labute approximate surface area is 139 Å². The predicted molar refractivity (Wildman–Crippen MR) is 95.9 cm³/mol. The van der Waals surface area contributed by atoms with E-state index in [-0.39, 0.29) is 5.41 Å². The van der Waals surface area contributed by atoms with Crippen LogP contribution in [-0.4, -0.2) is 18.1 Å². The minimum atomic E-state index is 0.0931. The van der Waals surface area contributed by atoms with Gasteiger partial charge >= 0.3 is 0 Å². The molecule has 1 heterocycles. The van der Waals surface area contributed by atoms with E-state index in [1.807, 2.05) is 12.1 Å². The van der Waals surface area contributed by atoms with Crippen LogP contribution in [0.1, 0.15) is 39.2 Å². The molecule has 0 aromatic heterocycles. The molecule has 1 saturated heterocycles. The van der Waals surface area contributed by atoms with Gasteiger partial charge in [0.15, 0.2) is 0 Å². The molecular weight excluding hydrogens is 282 g/mol. The van der Waals surface area contributed by atoms with Crippen molar-refractivity contribution in [1.82, 2.24) is 5.01 Å². The van der Waals surface area contributed by atoms with Crippen molar-refractivity contribution in [3.05, 3.63) is 54.1 Å². The van der Waals surface area contributed by atoms with Gasteiger partial charge in [-0.25, -0.2) is 0 Å². The van der Waals surface area contributed by atoms with E-state index in [2.05, 4.69) is 72.5 Å². The topological polar surface area (TPSA) is 28.0 Å². The molecule has 1 aliphatic rings. The maximum Gasteiger partial charge on any atom is 0.0952 e. The van der Waals surface area contributed by atoms with E-state index >= 15 is 0 Å². The van der Waals surface area contributed by atoms with Gasteiger partial charge < -0.3 is 0 Å². The Morgan fingerprint density at radius 2 is 1.43 bits per heavy atom. The van der Waals surface area contributed by atoms with Crippen molar-refractivity contribution in [1.29, 1.82) is 0 Å². The highest BCUT2D eigenvalue weighted by atomic mass is 15.5. The molecule has 0 N–H and O–H groups in total. The van der Waals surface area contributed by atoms with E-state index in [0.29, 0.717) is 0 Å². The monoisotopic (exact) mass is 307 g/mol. The molecule has 3 heteroatoms. The lowest BCUT2D eigenvalue weighted by molar-refractivity contribution is 0.337. The lowest BCUT2D eigenvalue weighted by Crippen LogP contribution is -2.12. The van der Waals surface area contributed by atoms with Crippen LogP contribution >= 0.6 is 0 Å². The van der Waals surface area contributed by atoms with Crippen LogP contribution < -0.4 is 0 Å². The molecule has 23 heavy (non-hydrogen) atoms. The Morgan fingerprint density at radius 3 is 2.13 bits per heavy atom. The number of benzene rings is 2. The maximum atomic E-state index is 4.54. The SMILES string of the molecule is CC(C)(C)c1ccccc1-c1ccccc1N=NN1CCCC1. The van der Waals surface area contributed by atoms with E-state index in [4.69, 9.17) is 0 Å². The molecule has 0 saturated carbocycles. The molecule has 0 amide bonds. The molecule has 2 aromatic rings. The molecule has 120 valence electrons. The number of hydrogen-bond donors (Lipinski definition) is 0. The summed E-state index contributed by atoms with van der Waals surface area (Å²) >= 11 is 0. The summed E-state index contributed by atoms with van der Waals surface area (Å²) in [6, 6.07) is 16.9. The van der Waals surface area contributed by atoms with E-state index in [9.17, 15) is 0 Å². The Bertz CT molecular complexity index is 692. The smallest absolute Gasteiger partial charge is 0.0952 e. The normalized spacial score (nSPS) is 15.5. The van der Waals surface area contributed by atoms with Gasteiger partial charge in [-0.15, -0.1) is 5.11 Å². The van der Waals surface area contributed by atoms with Crippen LogP contribution in [0.5, 0.6) is 0 Å². The van der Waals surface area contributed by atoms with E-state index in [0.717, 1.165) is 24.3 Å². The Hall–Kier alpha value is -2.16. The second-order valence-electron chi connectivity index (χ2n) is 7.16. The van der Waals surface area contributed by atoms with Crippen LogP contribution in [0, 0.1) is 0 Å². The fourth-order valence-electron chi connectivity index (χ4n) is 3.06. The van der Waals surface area contributed by atoms with Crippen LogP contribution in [0.3, 0.4) is 0 Å². The van der Waals surface area contributed by atoms with E-state index in [1.54, 1.807) is 0 Å². The van der Waals surface area contributed by atoms with Crippen LogP contribution in [0.2, 0.25) is 0 Å². The average molecular weight is 307 g/mol. The molecule has 0 bridgehead atoms. The first-order chi connectivity index (χ1) is 11.1. The van der Waals surface area contributed by atoms with Gasteiger partial charge in [-0.3, -0.25) is 5.01 Å². The minimum Gasteiger partial charge on any atom is -0.278 e. The molecule has 3 nitrogen and oxygen atoms in total. The summed E-state index contributed by atoms with van der Waals surface area (Å²) < 4.78 is 0. The van der Waals surface area contributed by atoms with Gasteiger partial charge in [0.2, 0.25) is 0 Å². The lowest BCUT2D eigenvalue weighted by atomic mass is 9.81. The Kier molecular flexibility index (Phi) is 4.46. The van der Waals surface area contributed by atoms with Crippen molar-refractivity contribution in [2.75, 3.05) is 13.1 Å². The second-order valence-corrected chi connectivity index (χ2v) is 7.16. The standard InChI is InChI=1S/C20H25N3/c1-20(2,3)18-12-6-4-10-16(18)17-11-5-7-13-19(17)21-22-23-14-8-9-15-23/h4-7,10-13H,8-9,14-15H2,1-3H3. The van der Waals surface area contributed by atoms with Gasteiger partial charge in [0.25, 0.3) is 0 Å². The highest BCUT2D eigenvalue weighted by Crippen LogP contribution is 2.37. The van der Waals surface area contributed by atoms with Crippen molar-refractivity contribution in [2.45, 2.75) is 39.0 Å². The molecule has 2 aromatic carbocycles. The van der Waals surface area contributed by atoms with Crippen molar-refractivity contribution in [3.63, 3.8) is 0 Å². The molecular formula is C20H25N3. The third kappa shape index (κ3) is 3.61. The van der Waals surface area contributed by atoms with Gasteiger partial charge in [-0.1, -0.05) is 68.5 Å². The van der Waals surface area contributed by atoms with Crippen LogP contribution in [0.4, 0.5) is 5.69 Å². The van der Waals surface area contributed by atoms with Crippen molar-refractivity contribution in [2.24, 2.45) is 10.3 Å². The summed E-state index contributed by atoms with van der Waals surface area (Å²) in [6.45, 7) is 8.79. The van der Waals surface area contributed by atoms with Gasteiger partial charge in [-0.2, -0.15) is 0 Å². The van der Waals surface area contributed by atoms with Gasteiger partial charge in [-0.05, 0) is 35.4 Å². The highest BCUT2D eigenvalue weighted by Gasteiger charge is 2.19. The largest absolute Gasteiger partial charge is 0.278 e. The summed E-state index contributed by atoms with van der Waals surface area (Å²) in [7, 11) is 0. The molecule has 0 spiro atoms. The quantitative estimate of drug-likeness (QED) is 0.664. The molecule has 1 fully saturated rings. The Morgan fingerprint density at radius 1 is 0.826 bits per heavy atom. The fourth-order valence-corrected chi connectivity index (χ4v) is 3.06. The average Bonchev–Trinajstić information content (AvgIpc) is 3.06. The molecule has 0 atom stereocenters. The fraction of sp³-hybridized carbons (Fsp3) is 0.400. The van der Waals surface area contributed by atoms with Crippen LogP contribution in [0.15, 0.2) is 58.9 Å². The number of nitrogens with zero attached hydrogens (tertiary/aromatic N) is 3. The van der Waals surface area contributed by atoms with E-state index in [1.165, 1.54) is 24.0 Å². The first kappa shape index (κ1) is 15.7. The molecule has 0 aliphatic carbocycles. The molecule has 3 rings (SSSR count). The highest BCUT2D eigenvalue weighted by molar-refractivity contribution is 5.78. The summed E-state index contributed by atoms with van der Waals surface area (Å²) in [5, 5.41) is 11.0. The maximum absolute atomic E-state index is 4.54. The van der Waals surface area contributed by atoms with Crippen molar-refractivity contribution < 1.29 is 0 Å². The zero-order chi connectivity index (χ0) is 16.3. The van der Waals surface area contributed by atoms with Crippen molar-refractivity contribution in [3.8, 4) is 11.1 Å². The van der Waals surface area contributed by atoms with E-state index < -0.39 is 0 Å². The van der Waals surface area contributed by atoms with Gasteiger partial charge in [0.05, 0.1) is 5.69 Å². The second kappa shape index (κ2) is 6.53. The minimum absolute atomic E-state index is 0.0931. The summed E-state index contributed by atoms with van der Waals surface area (Å²) in [6.07, 6.45) is 2.43. The molecule has 0 unspecified atom stereocenters. The summed E-state index contributed by atoms with van der Waals surface area (Å²) in [5.41, 5.74) is 4.77. The lowest BCUT2D eigenvalue weighted by Gasteiger charge is -2.23. The summed E-state index contributed by atoms with van der Waals surface area (Å²) in [4.78, 5) is 0. The number of hydrogen-bond acceptors (Lipinski definition) is 2. The first-order valence-electron chi connectivity index (χ1n) is 8.41. The Balaban J connectivity index is 2.01. The summed E-state index contributed by atoms with van der Waals surface area (Å²) in [5.74, 6) is 0. The van der Waals surface area contributed by atoms with Crippen molar-refractivity contribution >= 4 is 5.69 Å². The van der Waals surface area contributed by atoms with Gasteiger partial charge in [0.1, 0.15) is 0 Å². The first-order valence-corrected chi connectivity index (χ1v) is 8.41.